The quantitative estimate of drug-likeness (QED) is 0.671. The SMILES string of the molecule is Cc1ccc(C)n1-c1nc2c(Br)cccc2n1C. The predicted molar refractivity (Wildman–Crippen MR) is 77.2 cm³/mol. The summed E-state index contributed by atoms with van der Waals surface area (Å²) < 4.78 is 5.33. The van der Waals surface area contributed by atoms with Crippen LogP contribution in [0.5, 0.6) is 0 Å². The van der Waals surface area contributed by atoms with Crippen LogP contribution in [-0.4, -0.2) is 14.1 Å². The van der Waals surface area contributed by atoms with Crippen LogP contribution in [0.15, 0.2) is 34.8 Å². The van der Waals surface area contributed by atoms with Crippen LogP contribution in [0.2, 0.25) is 0 Å². The molecule has 0 spiro atoms. The summed E-state index contributed by atoms with van der Waals surface area (Å²) in [6, 6.07) is 10.4. The minimum absolute atomic E-state index is 0.955. The standard InChI is InChI=1S/C14H14BrN3/c1-9-7-8-10(2)18(9)14-16-13-11(15)5-4-6-12(13)17(14)3/h4-8H,1-3H3. The van der Waals surface area contributed by atoms with E-state index >= 15 is 0 Å². The number of para-hydroxylation sites is 1. The fourth-order valence-corrected chi connectivity index (χ4v) is 2.80. The van der Waals surface area contributed by atoms with E-state index in [4.69, 9.17) is 4.98 Å². The van der Waals surface area contributed by atoms with E-state index in [0.29, 0.717) is 0 Å². The number of hydrogen-bond acceptors (Lipinski definition) is 1. The van der Waals surface area contributed by atoms with Crippen LogP contribution < -0.4 is 0 Å². The molecule has 2 aromatic heterocycles. The van der Waals surface area contributed by atoms with Crippen LogP contribution in [0.25, 0.3) is 17.0 Å². The number of benzene rings is 1. The monoisotopic (exact) mass is 303 g/mol. The zero-order chi connectivity index (χ0) is 12.9. The number of nitrogens with zero attached hydrogens (tertiary/aromatic N) is 3. The molecule has 0 saturated heterocycles. The van der Waals surface area contributed by atoms with Crippen molar-refractivity contribution in [3.05, 3.63) is 46.2 Å². The van der Waals surface area contributed by atoms with Gasteiger partial charge in [0.2, 0.25) is 5.95 Å². The van der Waals surface area contributed by atoms with Gasteiger partial charge in [-0.3, -0.25) is 4.57 Å². The maximum atomic E-state index is 4.75. The lowest BCUT2D eigenvalue weighted by Crippen LogP contribution is -2.06. The van der Waals surface area contributed by atoms with E-state index in [1.165, 1.54) is 11.4 Å². The molecule has 1 aromatic carbocycles. The molecule has 0 radical (unpaired) electrons. The summed E-state index contributed by atoms with van der Waals surface area (Å²) in [5.74, 6) is 0.955. The Morgan fingerprint density at radius 1 is 1.06 bits per heavy atom. The Bertz CT molecular complexity index is 717. The first-order valence-electron chi connectivity index (χ1n) is 5.86. The van der Waals surface area contributed by atoms with Gasteiger partial charge in [-0.15, -0.1) is 0 Å². The third-order valence-corrected chi connectivity index (χ3v) is 3.95. The van der Waals surface area contributed by atoms with Crippen molar-refractivity contribution in [2.75, 3.05) is 0 Å². The third kappa shape index (κ3) is 1.52. The fraction of sp³-hybridized carbons (Fsp3) is 0.214. The highest BCUT2D eigenvalue weighted by molar-refractivity contribution is 9.10. The lowest BCUT2D eigenvalue weighted by molar-refractivity contribution is 0.806. The third-order valence-electron chi connectivity index (χ3n) is 3.31. The highest BCUT2D eigenvalue weighted by Gasteiger charge is 2.13. The van der Waals surface area contributed by atoms with Gasteiger partial charge in [-0.25, -0.2) is 4.98 Å². The molecule has 0 bridgehead atoms. The van der Waals surface area contributed by atoms with Gasteiger partial charge < -0.3 is 4.57 Å². The van der Waals surface area contributed by atoms with Gasteiger partial charge in [0.15, 0.2) is 0 Å². The summed E-state index contributed by atoms with van der Waals surface area (Å²) in [7, 11) is 2.05. The van der Waals surface area contributed by atoms with Crippen molar-refractivity contribution in [3.8, 4) is 5.95 Å². The summed E-state index contributed by atoms with van der Waals surface area (Å²) >= 11 is 3.56. The molecular formula is C14H14BrN3. The van der Waals surface area contributed by atoms with Crippen molar-refractivity contribution in [2.24, 2.45) is 7.05 Å². The molecule has 0 fully saturated rings. The second kappa shape index (κ2) is 3.99. The van der Waals surface area contributed by atoms with Crippen LogP contribution in [0.3, 0.4) is 0 Å². The first-order chi connectivity index (χ1) is 8.59. The fourth-order valence-electron chi connectivity index (χ4n) is 2.35. The maximum Gasteiger partial charge on any atom is 0.215 e. The molecule has 3 rings (SSSR count). The lowest BCUT2D eigenvalue weighted by Gasteiger charge is -2.08. The Balaban J connectivity index is 2.38. The van der Waals surface area contributed by atoms with E-state index in [-0.39, 0.29) is 0 Å². The molecule has 0 aliphatic carbocycles. The average molecular weight is 304 g/mol. The maximum absolute atomic E-state index is 4.75. The van der Waals surface area contributed by atoms with Crippen molar-refractivity contribution >= 4 is 27.0 Å². The van der Waals surface area contributed by atoms with Crippen LogP contribution in [0.1, 0.15) is 11.4 Å². The van der Waals surface area contributed by atoms with E-state index in [1.807, 2.05) is 12.1 Å². The van der Waals surface area contributed by atoms with Crippen LogP contribution in [-0.2, 0) is 7.05 Å². The summed E-state index contributed by atoms with van der Waals surface area (Å²) in [6.07, 6.45) is 0. The van der Waals surface area contributed by atoms with E-state index < -0.39 is 0 Å². The second-order valence-electron chi connectivity index (χ2n) is 4.53. The van der Waals surface area contributed by atoms with Crippen molar-refractivity contribution in [1.29, 1.82) is 0 Å². The lowest BCUT2D eigenvalue weighted by atomic mass is 10.3. The van der Waals surface area contributed by atoms with E-state index in [2.05, 4.69) is 64.2 Å². The molecule has 0 atom stereocenters. The molecule has 4 heteroatoms. The van der Waals surface area contributed by atoms with E-state index in [1.54, 1.807) is 0 Å². The molecular weight excluding hydrogens is 290 g/mol. The number of hydrogen-bond donors (Lipinski definition) is 0. The molecule has 0 unspecified atom stereocenters. The molecule has 0 saturated carbocycles. The summed E-state index contributed by atoms with van der Waals surface area (Å²) in [5, 5.41) is 0. The second-order valence-corrected chi connectivity index (χ2v) is 5.38. The topological polar surface area (TPSA) is 22.8 Å². The summed E-state index contributed by atoms with van der Waals surface area (Å²) in [4.78, 5) is 4.75. The molecule has 92 valence electrons. The van der Waals surface area contributed by atoms with Crippen molar-refractivity contribution in [2.45, 2.75) is 13.8 Å². The Labute approximate surface area is 114 Å². The van der Waals surface area contributed by atoms with Gasteiger partial charge in [0, 0.05) is 22.9 Å². The number of imidazole rings is 1. The van der Waals surface area contributed by atoms with E-state index in [0.717, 1.165) is 21.5 Å². The smallest absolute Gasteiger partial charge is 0.215 e. The highest BCUT2D eigenvalue weighted by Crippen LogP contribution is 2.26. The Morgan fingerprint density at radius 3 is 2.33 bits per heavy atom. The molecule has 3 nitrogen and oxygen atoms in total. The molecule has 0 aliphatic rings. The van der Waals surface area contributed by atoms with Crippen LogP contribution in [0, 0.1) is 13.8 Å². The minimum Gasteiger partial charge on any atom is -0.313 e. The van der Waals surface area contributed by atoms with Gasteiger partial charge in [0.05, 0.1) is 5.52 Å². The normalized spacial score (nSPS) is 11.3. The molecule has 0 amide bonds. The van der Waals surface area contributed by atoms with Crippen molar-refractivity contribution in [3.63, 3.8) is 0 Å². The first kappa shape index (κ1) is 11.5. The van der Waals surface area contributed by atoms with Gasteiger partial charge >= 0.3 is 0 Å². The number of rotatable bonds is 1. The zero-order valence-electron chi connectivity index (χ0n) is 10.6. The Hall–Kier alpha value is -1.55. The van der Waals surface area contributed by atoms with Gasteiger partial charge in [0.25, 0.3) is 0 Å². The average Bonchev–Trinajstić information content (AvgIpc) is 2.83. The van der Waals surface area contributed by atoms with Gasteiger partial charge in [-0.05, 0) is 54.0 Å². The molecule has 2 heterocycles. The minimum atomic E-state index is 0.955. The number of halogens is 1. The number of aryl methyl sites for hydroxylation is 3. The van der Waals surface area contributed by atoms with Gasteiger partial charge in [-0.1, -0.05) is 6.07 Å². The predicted octanol–water partition coefficient (Wildman–Crippen LogP) is 3.74. The summed E-state index contributed by atoms with van der Waals surface area (Å²) in [6.45, 7) is 4.20. The van der Waals surface area contributed by atoms with Gasteiger partial charge in [0.1, 0.15) is 5.52 Å². The van der Waals surface area contributed by atoms with Crippen LogP contribution in [0.4, 0.5) is 0 Å². The first-order valence-corrected chi connectivity index (χ1v) is 6.65. The molecule has 3 aromatic rings. The van der Waals surface area contributed by atoms with Crippen molar-refractivity contribution in [1.82, 2.24) is 14.1 Å². The highest BCUT2D eigenvalue weighted by atomic mass is 79.9. The van der Waals surface area contributed by atoms with E-state index in [9.17, 15) is 0 Å². The Kier molecular flexibility index (Phi) is 2.55. The number of aromatic nitrogens is 3. The van der Waals surface area contributed by atoms with Gasteiger partial charge in [-0.2, -0.15) is 0 Å². The number of fused-ring (bicyclic) bond motifs is 1. The van der Waals surface area contributed by atoms with Crippen molar-refractivity contribution < 1.29 is 0 Å². The summed E-state index contributed by atoms with van der Waals surface area (Å²) in [5.41, 5.74) is 4.53. The molecule has 0 N–H and O–H groups in total. The van der Waals surface area contributed by atoms with Crippen LogP contribution >= 0.6 is 15.9 Å². The molecule has 18 heavy (non-hydrogen) atoms. The zero-order valence-corrected chi connectivity index (χ0v) is 12.2. The largest absolute Gasteiger partial charge is 0.313 e. The Morgan fingerprint density at radius 2 is 1.72 bits per heavy atom. The molecule has 0 aliphatic heterocycles.